The molecular weight excluding hydrogens is 380 g/mol. The fourth-order valence-corrected chi connectivity index (χ4v) is 3.99. The number of likely N-dealkylation sites (tertiary alicyclic amines) is 1. The molecule has 4 heterocycles. The first kappa shape index (κ1) is 18.7. The van der Waals surface area contributed by atoms with Crippen molar-refractivity contribution in [3.05, 3.63) is 60.3 Å². The van der Waals surface area contributed by atoms with Gasteiger partial charge in [0.1, 0.15) is 29.0 Å². The van der Waals surface area contributed by atoms with Crippen molar-refractivity contribution in [2.75, 3.05) is 26.2 Å². The molecule has 154 valence electrons. The molecule has 1 fully saturated rings. The summed E-state index contributed by atoms with van der Waals surface area (Å²) in [5.41, 5.74) is 2.30. The number of nitrogens with zero attached hydrogens (tertiary/aromatic N) is 4. The normalized spacial score (nSPS) is 15.8. The largest absolute Gasteiger partial charge is 0.492 e. The van der Waals surface area contributed by atoms with Crippen LogP contribution in [-0.2, 0) is 0 Å². The molecule has 0 aliphatic carbocycles. The van der Waals surface area contributed by atoms with Gasteiger partial charge in [-0.1, -0.05) is 11.6 Å². The summed E-state index contributed by atoms with van der Waals surface area (Å²) in [6, 6.07) is 13.2. The molecule has 0 amide bonds. The molecule has 0 unspecified atom stereocenters. The van der Waals surface area contributed by atoms with Crippen molar-refractivity contribution in [1.82, 2.24) is 14.3 Å². The highest BCUT2D eigenvalue weighted by atomic mass is 16.5. The molecule has 4 aromatic rings. The van der Waals surface area contributed by atoms with Crippen molar-refractivity contribution in [1.29, 1.82) is 0 Å². The van der Waals surface area contributed by atoms with Gasteiger partial charge in [-0.05, 0) is 62.3 Å². The number of piperidine rings is 1. The van der Waals surface area contributed by atoms with Gasteiger partial charge in [0.15, 0.2) is 5.76 Å². The SMILES string of the molecule is ON=c1cc(-c2cc3cccn3cn2)oc2ccc(OCCN3CCCCC3)cc12. The van der Waals surface area contributed by atoms with Crippen LogP contribution in [0.15, 0.2) is 64.6 Å². The Labute approximate surface area is 173 Å². The summed E-state index contributed by atoms with van der Waals surface area (Å²) < 4.78 is 13.9. The third kappa shape index (κ3) is 3.76. The highest BCUT2D eigenvalue weighted by molar-refractivity contribution is 5.80. The van der Waals surface area contributed by atoms with Crippen LogP contribution in [0.25, 0.3) is 27.9 Å². The zero-order valence-corrected chi connectivity index (χ0v) is 16.7. The van der Waals surface area contributed by atoms with Gasteiger partial charge in [-0.15, -0.1) is 0 Å². The van der Waals surface area contributed by atoms with E-state index < -0.39 is 0 Å². The summed E-state index contributed by atoms with van der Waals surface area (Å²) in [5, 5.41) is 14.2. The Morgan fingerprint density at radius 2 is 2.00 bits per heavy atom. The molecule has 1 saturated heterocycles. The molecule has 0 saturated carbocycles. The maximum atomic E-state index is 9.59. The standard InChI is InChI=1S/C23H24N4O3/c28-25-20-15-23(21-13-17-5-4-10-27(17)16-24-21)30-22-7-6-18(14-19(20)22)29-12-11-26-8-2-1-3-9-26/h4-7,10,13-16,28H,1-3,8-9,11-12H2. The predicted octanol–water partition coefficient (Wildman–Crippen LogP) is 3.90. The van der Waals surface area contributed by atoms with E-state index in [1.807, 2.05) is 47.0 Å². The number of hydrogen-bond acceptors (Lipinski definition) is 6. The van der Waals surface area contributed by atoms with Crippen molar-refractivity contribution >= 4 is 16.5 Å². The van der Waals surface area contributed by atoms with Crippen molar-refractivity contribution in [2.24, 2.45) is 5.16 Å². The molecule has 0 radical (unpaired) electrons. The fraction of sp³-hybridized carbons (Fsp3) is 0.304. The minimum Gasteiger partial charge on any atom is -0.492 e. The zero-order valence-electron chi connectivity index (χ0n) is 16.7. The second-order valence-corrected chi connectivity index (χ2v) is 7.62. The molecule has 3 aromatic heterocycles. The van der Waals surface area contributed by atoms with Gasteiger partial charge in [0.25, 0.3) is 0 Å². The van der Waals surface area contributed by atoms with E-state index in [1.165, 1.54) is 19.3 Å². The third-order valence-corrected chi connectivity index (χ3v) is 5.62. The lowest BCUT2D eigenvalue weighted by Crippen LogP contribution is -2.33. The minimum absolute atomic E-state index is 0.421. The smallest absolute Gasteiger partial charge is 0.155 e. The zero-order chi connectivity index (χ0) is 20.3. The molecule has 7 nitrogen and oxygen atoms in total. The van der Waals surface area contributed by atoms with E-state index in [0.29, 0.717) is 34.4 Å². The molecule has 5 rings (SSSR count). The van der Waals surface area contributed by atoms with Gasteiger partial charge >= 0.3 is 0 Å². The molecule has 1 aromatic carbocycles. The average molecular weight is 404 g/mol. The van der Waals surface area contributed by atoms with E-state index in [0.717, 1.165) is 30.9 Å². The number of ether oxygens (including phenoxy) is 1. The van der Waals surface area contributed by atoms with E-state index in [9.17, 15) is 5.21 Å². The Hall–Kier alpha value is -3.32. The lowest BCUT2D eigenvalue weighted by atomic mass is 10.1. The van der Waals surface area contributed by atoms with E-state index >= 15 is 0 Å². The van der Waals surface area contributed by atoms with Gasteiger partial charge in [-0.3, -0.25) is 4.90 Å². The van der Waals surface area contributed by atoms with Crippen molar-refractivity contribution in [3.8, 4) is 17.2 Å². The first-order valence-electron chi connectivity index (χ1n) is 10.3. The summed E-state index contributed by atoms with van der Waals surface area (Å²) in [6.07, 6.45) is 7.54. The highest BCUT2D eigenvalue weighted by Crippen LogP contribution is 2.24. The monoisotopic (exact) mass is 404 g/mol. The third-order valence-electron chi connectivity index (χ3n) is 5.62. The molecule has 1 aliphatic heterocycles. The predicted molar refractivity (Wildman–Crippen MR) is 114 cm³/mol. The Balaban J connectivity index is 1.40. The van der Waals surface area contributed by atoms with Gasteiger partial charge in [0.2, 0.25) is 0 Å². The fourth-order valence-electron chi connectivity index (χ4n) is 3.99. The van der Waals surface area contributed by atoms with Crippen LogP contribution >= 0.6 is 0 Å². The Morgan fingerprint density at radius 3 is 2.87 bits per heavy atom. The summed E-state index contributed by atoms with van der Waals surface area (Å²) in [7, 11) is 0. The Bertz CT molecular complexity index is 1240. The lowest BCUT2D eigenvalue weighted by molar-refractivity contribution is 0.183. The van der Waals surface area contributed by atoms with Crippen LogP contribution in [0.2, 0.25) is 0 Å². The van der Waals surface area contributed by atoms with Crippen LogP contribution < -0.4 is 10.1 Å². The summed E-state index contributed by atoms with van der Waals surface area (Å²) in [5.74, 6) is 1.28. The quantitative estimate of drug-likeness (QED) is 0.403. The van der Waals surface area contributed by atoms with E-state index in [-0.39, 0.29) is 0 Å². The van der Waals surface area contributed by atoms with Crippen LogP contribution in [0.4, 0.5) is 0 Å². The molecular formula is C23H24N4O3. The number of fused-ring (bicyclic) bond motifs is 2. The first-order chi connectivity index (χ1) is 14.8. The molecule has 1 aliphatic rings. The second-order valence-electron chi connectivity index (χ2n) is 7.62. The molecule has 1 N–H and O–H groups in total. The van der Waals surface area contributed by atoms with Crippen LogP contribution in [0.5, 0.6) is 5.75 Å². The van der Waals surface area contributed by atoms with Gasteiger partial charge in [-0.2, -0.15) is 0 Å². The van der Waals surface area contributed by atoms with Crippen molar-refractivity contribution in [3.63, 3.8) is 0 Å². The summed E-state index contributed by atoms with van der Waals surface area (Å²) in [4.78, 5) is 6.89. The van der Waals surface area contributed by atoms with E-state index in [2.05, 4.69) is 15.0 Å². The molecule has 30 heavy (non-hydrogen) atoms. The molecule has 7 heteroatoms. The molecule has 0 bridgehead atoms. The van der Waals surface area contributed by atoms with Crippen molar-refractivity contribution in [2.45, 2.75) is 19.3 Å². The minimum atomic E-state index is 0.421. The topological polar surface area (TPSA) is 75.5 Å². The summed E-state index contributed by atoms with van der Waals surface area (Å²) in [6.45, 7) is 3.86. The van der Waals surface area contributed by atoms with Gasteiger partial charge in [0, 0.05) is 24.3 Å². The number of hydrogen-bond donors (Lipinski definition) is 1. The number of benzene rings is 1. The van der Waals surface area contributed by atoms with Gasteiger partial charge in [-0.25, -0.2) is 4.98 Å². The number of aromatic nitrogens is 2. The van der Waals surface area contributed by atoms with Crippen LogP contribution in [0, 0.1) is 0 Å². The van der Waals surface area contributed by atoms with Crippen LogP contribution in [-0.4, -0.2) is 45.7 Å². The lowest BCUT2D eigenvalue weighted by Gasteiger charge is -2.26. The van der Waals surface area contributed by atoms with E-state index in [1.54, 1.807) is 12.4 Å². The Morgan fingerprint density at radius 1 is 1.10 bits per heavy atom. The van der Waals surface area contributed by atoms with E-state index in [4.69, 9.17) is 9.15 Å². The average Bonchev–Trinajstić information content (AvgIpc) is 3.27. The van der Waals surface area contributed by atoms with Gasteiger partial charge < -0.3 is 18.8 Å². The molecule has 0 spiro atoms. The van der Waals surface area contributed by atoms with Crippen LogP contribution in [0.3, 0.4) is 0 Å². The first-order valence-corrected chi connectivity index (χ1v) is 10.3. The van der Waals surface area contributed by atoms with Crippen LogP contribution in [0.1, 0.15) is 19.3 Å². The summed E-state index contributed by atoms with van der Waals surface area (Å²) >= 11 is 0. The Kier molecular flexibility index (Phi) is 5.11. The molecule has 0 atom stereocenters. The second kappa shape index (κ2) is 8.20. The maximum absolute atomic E-state index is 9.59. The maximum Gasteiger partial charge on any atom is 0.155 e. The van der Waals surface area contributed by atoms with Crippen molar-refractivity contribution < 1.29 is 14.4 Å². The van der Waals surface area contributed by atoms with Gasteiger partial charge in [0.05, 0.1) is 11.7 Å². The number of rotatable bonds is 5. The highest BCUT2D eigenvalue weighted by Gasteiger charge is 2.11.